The van der Waals surface area contributed by atoms with Crippen molar-refractivity contribution >= 4 is 0 Å². The van der Waals surface area contributed by atoms with Crippen LogP contribution in [0.3, 0.4) is 0 Å². The summed E-state index contributed by atoms with van der Waals surface area (Å²) in [7, 11) is 1.61. The fraction of sp³-hybridized carbons (Fsp3) is 0.333. The van der Waals surface area contributed by atoms with E-state index in [1.165, 1.54) is 0 Å². The second-order valence-electron chi connectivity index (χ2n) is 7.33. The maximum atomic E-state index is 5.96. The molecule has 1 aliphatic heterocycles. The highest BCUT2D eigenvalue weighted by Crippen LogP contribution is 2.31. The van der Waals surface area contributed by atoms with Gasteiger partial charge in [-0.05, 0) is 31.0 Å². The van der Waals surface area contributed by atoms with Gasteiger partial charge in [0, 0.05) is 35.2 Å². The number of rotatable bonds is 6. The lowest BCUT2D eigenvalue weighted by atomic mass is 9.98. The Balaban J connectivity index is 1.58. The molecule has 0 amide bonds. The predicted octanol–water partition coefficient (Wildman–Crippen LogP) is 4.23. The summed E-state index contributed by atoms with van der Waals surface area (Å²) in [6, 6.07) is 14.1. The molecular formula is C24H26N2O4. The lowest BCUT2D eigenvalue weighted by Crippen LogP contribution is -2.33. The molecule has 3 heterocycles. The third-order valence-electron chi connectivity index (χ3n) is 5.05. The molecule has 0 N–H and O–H groups in total. The van der Waals surface area contributed by atoms with Crippen molar-refractivity contribution < 1.29 is 18.9 Å². The molecule has 1 aromatic carbocycles. The van der Waals surface area contributed by atoms with Crippen LogP contribution in [0.4, 0.5) is 0 Å². The van der Waals surface area contributed by atoms with Crippen LogP contribution in [0.15, 0.2) is 48.7 Å². The van der Waals surface area contributed by atoms with E-state index in [0.29, 0.717) is 38.1 Å². The summed E-state index contributed by atoms with van der Waals surface area (Å²) in [5, 5.41) is 0. The normalized spacial score (nSPS) is 16.3. The van der Waals surface area contributed by atoms with Gasteiger partial charge < -0.3 is 18.9 Å². The van der Waals surface area contributed by atoms with E-state index in [1.807, 2.05) is 25.3 Å². The minimum absolute atomic E-state index is 0.0644. The number of hydrogen-bond acceptors (Lipinski definition) is 6. The van der Waals surface area contributed by atoms with E-state index in [-0.39, 0.29) is 6.10 Å². The Morgan fingerprint density at radius 1 is 1.03 bits per heavy atom. The first-order valence-electron chi connectivity index (χ1n) is 10.0. The second kappa shape index (κ2) is 9.24. The number of hydrogen-bond donors (Lipinski definition) is 0. The molecule has 30 heavy (non-hydrogen) atoms. The van der Waals surface area contributed by atoms with Crippen molar-refractivity contribution in [1.82, 2.24) is 9.97 Å². The van der Waals surface area contributed by atoms with Crippen molar-refractivity contribution in [3.63, 3.8) is 0 Å². The van der Waals surface area contributed by atoms with Gasteiger partial charge in [0.2, 0.25) is 5.88 Å². The van der Waals surface area contributed by atoms with Crippen molar-refractivity contribution in [3.8, 4) is 34.0 Å². The van der Waals surface area contributed by atoms with E-state index in [0.717, 1.165) is 33.6 Å². The van der Waals surface area contributed by atoms with Gasteiger partial charge in [-0.1, -0.05) is 24.3 Å². The minimum atomic E-state index is -0.0644. The average Bonchev–Trinajstić information content (AvgIpc) is 2.78. The van der Waals surface area contributed by atoms with Crippen LogP contribution in [0.5, 0.6) is 11.6 Å². The van der Waals surface area contributed by atoms with Crippen LogP contribution in [-0.4, -0.2) is 49.6 Å². The maximum absolute atomic E-state index is 5.96. The second-order valence-corrected chi connectivity index (χ2v) is 7.33. The van der Waals surface area contributed by atoms with Gasteiger partial charge in [-0.15, -0.1) is 0 Å². The van der Waals surface area contributed by atoms with E-state index in [1.54, 1.807) is 13.2 Å². The Kier molecular flexibility index (Phi) is 6.26. The van der Waals surface area contributed by atoms with Crippen LogP contribution in [0.2, 0.25) is 0 Å². The molecule has 0 aliphatic carbocycles. The molecule has 6 nitrogen and oxygen atoms in total. The summed E-state index contributed by atoms with van der Waals surface area (Å²) in [5.41, 5.74) is 6.16. The highest BCUT2D eigenvalue weighted by Gasteiger charge is 2.16. The van der Waals surface area contributed by atoms with Gasteiger partial charge in [-0.3, -0.25) is 4.98 Å². The SMILES string of the molecule is COc1cc(OCC2COCCO2)cc(-c2ccc(-c3ccc(C)nc3)cc2C)n1. The first-order valence-corrected chi connectivity index (χ1v) is 10.0. The van der Waals surface area contributed by atoms with Gasteiger partial charge in [0.1, 0.15) is 18.5 Å². The summed E-state index contributed by atoms with van der Waals surface area (Å²) < 4.78 is 22.4. The van der Waals surface area contributed by atoms with Gasteiger partial charge in [0.25, 0.3) is 0 Å². The summed E-state index contributed by atoms with van der Waals surface area (Å²) in [4.78, 5) is 9.02. The van der Waals surface area contributed by atoms with Crippen molar-refractivity contribution in [3.05, 3.63) is 59.9 Å². The first kappa shape index (κ1) is 20.3. The number of nitrogens with zero attached hydrogens (tertiary/aromatic N) is 2. The molecule has 6 heteroatoms. The Bertz CT molecular complexity index is 999. The summed E-state index contributed by atoms with van der Waals surface area (Å²) in [6.07, 6.45) is 1.84. The third-order valence-corrected chi connectivity index (χ3v) is 5.05. The smallest absolute Gasteiger partial charge is 0.217 e. The summed E-state index contributed by atoms with van der Waals surface area (Å²) in [6.45, 7) is 6.27. The molecule has 156 valence electrons. The van der Waals surface area contributed by atoms with Crippen LogP contribution in [0, 0.1) is 13.8 Å². The minimum Gasteiger partial charge on any atom is -0.491 e. The van der Waals surface area contributed by atoms with Crippen LogP contribution < -0.4 is 9.47 Å². The van der Waals surface area contributed by atoms with E-state index in [4.69, 9.17) is 18.9 Å². The Hall–Kier alpha value is -2.96. The van der Waals surface area contributed by atoms with Crippen LogP contribution in [0.1, 0.15) is 11.3 Å². The molecule has 4 rings (SSSR count). The fourth-order valence-electron chi connectivity index (χ4n) is 3.40. The van der Waals surface area contributed by atoms with E-state index < -0.39 is 0 Å². The van der Waals surface area contributed by atoms with Crippen molar-refractivity contribution in [2.24, 2.45) is 0 Å². The molecular weight excluding hydrogens is 380 g/mol. The van der Waals surface area contributed by atoms with Crippen LogP contribution >= 0.6 is 0 Å². The van der Waals surface area contributed by atoms with Gasteiger partial charge in [-0.25, -0.2) is 4.98 Å². The highest BCUT2D eigenvalue weighted by molar-refractivity contribution is 5.72. The van der Waals surface area contributed by atoms with E-state index in [2.05, 4.69) is 41.2 Å². The van der Waals surface area contributed by atoms with Gasteiger partial charge in [0.05, 0.1) is 32.6 Å². The highest BCUT2D eigenvalue weighted by atomic mass is 16.6. The molecule has 1 unspecified atom stereocenters. The Morgan fingerprint density at radius 2 is 1.90 bits per heavy atom. The van der Waals surface area contributed by atoms with Crippen molar-refractivity contribution in [2.45, 2.75) is 20.0 Å². The largest absolute Gasteiger partial charge is 0.491 e. The average molecular weight is 406 g/mol. The van der Waals surface area contributed by atoms with Gasteiger partial charge >= 0.3 is 0 Å². The standard InChI is InChI=1S/C24H26N2O4/c1-16-10-18(19-5-4-17(2)25-13-19)6-7-22(16)23-11-20(12-24(26-23)27-3)30-15-21-14-28-8-9-29-21/h4-7,10-13,21H,8-9,14-15H2,1-3H3. The molecule has 0 bridgehead atoms. The molecule has 0 spiro atoms. The number of methoxy groups -OCH3 is 1. The zero-order valence-electron chi connectivity index (χ0n) is 17.6. The lowest BCUT2D eigenvalue weighted by molar-refractivity contribution is -0.101. The molecule has 0 radical (unpaired) electrons. The molecule has 3 aromatic rings. The van der Waals surface area contributed by atoms with Crippen LogP contribution in [0.25, 0.3) is 22.4 Å². The van der Waals surface area contributed by atoms with E-state index >= 15 is 0 Å². The lowest BCUT2D eigenvalue weighted by Gasteiger charge is -2.23. The monoisotopic (exact) mass is 406 g/mol. The molecule has 1 fully saturated rings. The van der Waals surface area contributed by atoms with Crippen molar-refractivity contribution in [1.29, 1.82) is 0 Å². The number of pyridine rings is 2. The predicted molar refractivity (Wildman–Crippen MR) is 115 cm³/mol. The Morgan fingerprint density at radius 3 is 2.60 bits per heavy atom. The first-order chi connectivity index (χ1) is 14.6. The molecule has 0 saturated carbocycles. The number of ether oxygens (including phenoxy) is 4. The van der Waals surface area contributed by atoms with E-state index in [9.17, 15) is 0 Å². The van der Waals surface area contributed by atoms with Gasteiger partial charge in [0.15, 0.2) is 0 Å². The quantitative estimate of drug-likeness (QED) is 0.610. The molecule has 1 aliphatic rings. The third kappa shape index (κ3) is 4.78. The molecule has 2 aromatic heterocycles. The maximum Gasteiger partial charge on any atom is 0.217 e. The Labute approximate surface area is 176 Å². The topological polar surface area (TPSA) is 62.7 Å². The number of benzene rings is 1. The molecule has 1 saturated heterocycles. The van der Waals surface area contributed by atoms with Crippen LogP contribution in [-0.2, 0) is 9.47 Å². The zero-order valence-corrected chi connectivity index (χ0v) is 17.6. The summed E-state index contributed by atoms with van der Waals surface area (Å²) in [5.74, 6) is 1.20. The fourth-order valence-corrected chi connectivity index (χ4v) is 3.40. The molecule has 1 atom stereocenters. The number of aromatic nitrogens is 2. The number of aryl methyl sites for hydroxylation is 2. The zero-order chi connectivity index (χ0) is 20.9. The van der Waals surface area contributed by atoms with Gasteiger partial charge in [-0.2, -0.15) is 0 Å². The van der Waals surface area contributed by atoms with Crippen molar-refractivity contribution in [2.75, 3.05) is 33.5 Å². The summed E-state index contributed by atoms with van der Waals surface area (Å²) >= 11 is 0.